The van der Waals surface area contributed by atoms with Crippen LogP contribution in [0.2, 0.25) is 0 Å². The SMILES string of the molecule is CNC(Cc1nccn1C)c1ccc(C(F)(F)F)cn1. The van der Waals surface area contributed by atoms with Gasteiger partial charge in [0.25, 0.3) is 0 Å². The van der Waals surface area contributed by atoms with E-state index in [2.05, 4.69) is 15.3 Å². The van der Waals surface area contributed by atoms with Crippen LogP contribution in [0.4, 0.5) is 13.2 Å². The minimum Gasteiger partial charge on any atom is -0.338 e. The van der Waals surface area contributed by atoms with Gasteiger partial charge >= 0.3 is 6.18 Å². The van der Waals surface area contributed by atoms with Crippen molar-refractivity contribution < 1.29 is 13.2 Å². The lowest BCUT2D eigenvalue weighted by atomic mass is 10.1. The molecule has 1 atom stereocenters. The maximum atomic E-state index is 12.5. The first-order chi connectivity index (χ1) is 9.41. The van der Waals surface area contributed by atoms with Crippen molar-refractivity contribution in [3.8, 4) is 0 Å². The van der Waals surface area contributed by atoms with Gasteiger partial charge in [-0.25, -0.2) is 4.98 Å². The van der Waals surface area contributed by atoms with Gasteiger partial charge < -0.3 is 9.88 Å². The molecule has 0 saturated heterocycles. The molecule has 0 amide bonds. The first kappa shape index (κ1) is 14.5. The maximum absolute atomic E-state index is 12.5. The number of hydrogen-bond acceptors (Lipinski definition) is 3. The molecule has 0 saturated carbocycles. The maximum Gasteiger partial charge on any atom is 0.417 e. The number of likely N-dealkylation sites (N-methyl/N-ethyl adjacent to an activating group) is 1. The highest BCUT2D eigenvalue weighted by Gasteiger charge is 2.31. The lowest BCUT2D eigenvalue weighted by Gasteiger charge is -2.16. The molecule has 0 aliphatic carbocycles. The number of rotatable bonds is 4. The van der Waals surface area contributed by atoms with Crippen LogP contribution in [0, 0.1) is 0 Å². The molecule has 0 fully saturated rings. The molecule has 0 bridgehead atoms. The molecule has 4 nitrogen and oxygen atoms in total. The third-order valence-corrected chi connectivity index (χ3v) is 3.13. The number of nitrogens with zero attached hydrogens (tertiary/aromatic N) is 3. The Labute approximate surface area is 114 Å². The van der Waals surface area contributed by atoms with Crippen molar-refractivity contribution in [1.29, 1.82) is 0 Å². The van der Waals surface area contributed by atoms with Crippen molar-refractivity contribution in [3.63, 3.8) is 0 Å². The van der Waals surface area contributed by atoms with Gasteiger partial charge in [-0.2, -0.15) is 13.2 Å². The summed E-state index contributed by atoms with van der Waals surface area (Å²) >= 11 is 0. The Morgan fingerprint density at radius 3 is 2.50 bits per heavy atom. The van der Waals surface area contributed by atoms with Crippen LogP contribution < -0.4 is 5.32 Å². The molecular formula is C13H15F3N4. The van der Waals surface area contributed by atoms with Gasteiger partial charge in [0, 0.05) is 32.1 Å². The van der Waals surface area contributed by atoms with Gasteiger partial charge in [0.05, 0.1) is 17.3 Å². The van der Waals surface area contributed by atoms with Crippen molar-refractivity contribution >= 4 is 0 Å². The van der Waals surface area contributed by atoms with E-state index in [1.807, 2.05) is 17.8 Å². The van der Waals surface area contributed by atoms with E-state index in [1.165, 1.54) is 6.07 Å². The van der Waals surface area contributed by atoms with Crippen molar-refractivity contribution in [3.05, 3.63) is 47.8 Å². The molecule has 2 heterocycles. The Kier molecular flexibility index (Phi) is 4.08. The van der Waals surface area contributed by atoms with E-state index in [4.69, 9.17) is 0 Å². The van der Waals surface area contributed by atoms with Crippen LogP contribution in [-0.4, -0.2) is 21.6 Å². The number of pyridine rings is 1. The quantitative estimate of drug-likeness (QED) is 0.937. The lowest BCUT2D eigenvalue weighted by Crippen LogP contribution is -2.22. The number of halogens is 3. The molecule has 0 aliphatic heterocycles. The van der Waals surface area contributed by atoms with Gasteiger partial charge in [0.2, 0.25) is 0 Å². The van der Waals surface area contributed by atoms with Crippen LogP contribution >= 0.6 is 0 Å². The normalized spacial score (nSPS) is 13.4. The van der Waals surface area contributed by atoms with Crippen LogP contribution in [0.3, 0.4) is 0 Å². The number of aromatic nitrogens is 3. The molecular weight excluding hydrogens is 269 g/mol. The molecule has 7 heteroatoms. The molecule has 0 spiro atoms. The summed E-state index contributed by atoms with van der Waals surface area (Å²) in [5.41, 5.74) is -0.184. The minimum absolute atomic E-state index is 0.182. The van der Waals surface area contributed by atoms with Crippen LogP contribution in [0.1, 0.15) is 23.1 Å². The van der Waals surface area contributed by atoms with Crippen molar-refractivity contribution in [1.82, 2.24) is 19.9 Å². The van der Waals surface area contributed by atoms with Gasteiger partial charge in [-0.15, -0.1) is 0 Å². The number of imidazole rings is 1. The van der Waals surface area contributed by atoms with Crippen LogP contribution in [0.15, 0.2) is 30.7 Å². The van der Waals surface area contributed by atoms with Crippen LogP contribution in [0.5, 0.6) is 0 Å². The molecule has 108 valence electrons. The fraction of sp³-hybridized carbons (Fsp3) is 0.385. The summed E-state index contributed by atoms with van der Waals surface area (Å²) in [5.74, 6) is 0.839. The molecule has 1 unspecified atom stereocenters. The molecule has 20 heavy (non-hydrogen) atoms. The largest absolute Gasteiger partial charge is 0.417 e. The number of nitrogens with one attached hydrogen (secondary N) is 1. The first-order valence-corrected chi connectivity index (χ1v) is 6.08. The van der Waals surface area contributed by atoms with Crippen molar-refractivity contribution in [2.24, 2.45) is 7.05 Å². The van der Waals surface area contributed by atoms with E-state index in [-0.39, 0.29) is 6.04 Å². The second-order valence-electron chi connectivity index (χ2n) is 4.47. The molecule has 2 rings (SSSR count). The summed E-state index contributed by atoms with van der Waals surface area (Å²) in [5, 5.41) is 3.04. The highest BCUT2D eigenvalue weighted by molar-refractivity contribution is 5.19. The number of hydrogen-bond donors (Lipinski definition) is 1. The highest BCUT2D eigenvalue weighted by Crippen LogP contribution is 2.29. The Morgan fingerprint density at radius 1 is 1.30 bits per heavy atom. The predicted octanol–water partition coefficient (Wildman–Crippen LogP) is 2.34. The third kappa shape index (κ3) is 3.16. The number of alkyl halides is 3. The molecule has 0 aliphatic rings. The van der Waals surface area contributed by atoms with E-state index < -0.39 is 11.7 Å². The molecule has 2 aromatic heterocycles. The zero-order valence-corrected chi connectivity index (χ0v) is 11.1. The second kappa shape index (κ2) is 5.62. The summed E-state index contributed by atoms with van der Waals surface area (Å²) in [6.07, 6.45) is 0.557. The van der Waals surface area contributed by atoms with Crippen molar-refractivity contribution in [2.45, 2.75) is 18.6 Å². The van der Waals surface area contributed by atoms with E-state index in [0.717, 1.165) is 18.1 Å². The van der Waals surface area contributed by atoms with Gasteiger partial charge in [0.15, 0.2) is 0 Å². The van der Waals surface area contributed by atoms with E-state index in [9.17, 15) is 13.2 Å². The second-order valence-corrected chi connectivity index (χ2v) is 4.47. The zero-order chi connectivity index (χ0) is 14.8. The topological polar surface area (TPSA) is 42.7 Å². The summed E-state index contributed by atoms with van der Waals surface area (Å²) in [4.78, 5) is 8.11. The van der Waals surface area contributed by atoms with E-state index in [1.54, 1.807) is 13.2 Å². The van der Waals surface area contributed by atoms with Gasteiger partial charge in [-0.1, -0.05) is 0 Å². The van der Waals surface area contributed by atoms with E-state index in [0.29, 0.717) is 12.1 Å². The monoisotopic (exact) mass is 284 g/mol. The molecule has 2 aromatic rings. The van der Waals surface area contributed by atoms with Gasteiger partial charge in [-0.3, -0.25) is 4.98 Å². The summed E-state index contributed by atoms with van der Waals surface area (Å²) in [6.45, 7) is 0. The van der Waals surface area contributed by atoms with Gasteiger partial charge in [-0.05, 0) is 19.2 Å². The molecule has 0 aromatic carbocycles. The van der Waals surface area contributed by atoms with Crippen LogP contribution in [-0.2, 0) is 19.6 Å². The first-order valence-electron chi connectivity index (χ1n) is 6.08. The Bertz CT molecular complexity index is 560. The fourth-order valence-electron chi connectivity index (χ4n) is 1.91. The standard InChI is InChI=1S/C13H15F3N4/c1-17-11(7-12-18-5-6-20(12)2)10-4-3-9(8-19-10)13(14,15)16/h3-6,8,11,17H,7H2,1-2H3. The Balaban J connectivity index is 2.18. The van der Waals surface area contributed by atoms with E-state index >= 15 is 0 Å². The summed E-state index contributed by atoms with van der Waals surface area (Å²) in [6, 6.07) is 2.26. The Hall–Kier alpha value is -1.89. The smallest absolute Gasteiger partial charge is 0.338 e. The Morgan fingerprint density at radius 2 is 2.05 bits per heavy atom. The van der Waals surface area contributed by atoms with Crippen molar-refractivity contribution in [2.75, 3.05) is 7.05 Å². The minimum atomic E-state index is -4.36. The van der Waals surface area contributed by atoms with Gasteiger partial charge in [0.1, 0.15) is 5.82 Å². The highest BCUT2D eigenvalue weighted by atomic mass is 19.4. The average Bonchev–Trinajstić information content (AvgIpc) is 2.80. The lowest BCUT2D eigenvalue weighted by molar-refractivity contribution is -0.137. The zero-order valence-electron chi connectivity index (χ0n) is 11.1. The average molecular weight is 284 g/mol. The summed E-state index contributed by atoms with van der Waals surface area (Å²) < 4.78 is 39.3. The molecule has 1 N–H and O–H groups in total. The summed E-state index contributed by atoms with van der Waals surface area (Å²) in [7, 11) is 3.61. The predicted molar refractivity (Wildman–Crippen MR) is 68.0 cm³/mol. The third-order valence-electron chi connectivity index (χ3n) is 3.13. The number of aryl methyl sites for hydroxylation is 1. The molecule has 0 radical (unpaired) electrons. The van der Waals surface area contributed by atoms with Crippen LogP contribution in [0.25, 0.3) is 0 Å². The fourth-order valence-corrected chi connectivity index (χ4v) is 1.91.